The lowest BCUT2D eigenvalue weighted by Crippen LogP contribution is -1.99. The molecular weight excluding hydrogens is 380 g/mol. The summed E-state index contributed by atoms with van der Waals surface area (Å²) in [6, 6.07) is 5.91. The molecule has 1 aromatic carbocycles. The van der Waals surface area contributed by atoms with E-state index in [1.807, 2.05) is 49.9 Å². The van der Waals surface area contributed by atoms with Gasteiger partial charge in [-0.15, -0.1) is 0 Å². The van der Waals surface area contributed by atoms with Crippen LogP contribution in [-0.2, 0) is 0 Å². The van der Waals surface area contributed by atoms with E-state index in [1.54, 1.807) is 19.6 Å². The van der Waals surface area contributed by atoms with E-state index >= 15 is 0 Å². The van der Waals surface area contributed by atoms with Crippen molar-refractivity contribution in [1.82, 2.24) is 14.5 Å². The zero-order valence-corrected chi connectivity index (χ0v) is 17.4. The number of pyridine rings is 1. The molecular formula is C19H27BrN4O. The third-order valence-electron chi connectivity index (χ3n) is 3.10. The summed E-state index contributed by atoms with van der Waals surface area (Å²) in [5, 5.41) is 4.08. The van der Waals surface area contributed by atoms with Crippen LogP contribution in [-0.4, -0.2) is 28.7 Å². The van der Waals surface area contributed by atoms with Gasteiger partial charge in [-0.1, -0.05) is 34.1 Å². The molecule has 1 N–H and O–H groups in total. The van der Waals surface area contributed by atoms with Crippen LogP contribution in [0.4, 0.5) is 5.82 Å². The molecule has 0 unspecified atom stereocenters. The molecule has 25 heavy (non-hydrogen) atoms. The van der Waals surface area contributed by atoms with Crippen molar-refractivity contribution in [2.75, 3.05) is 19.5 Å². The van der Waals surface area contributed by atoms with E-state index in [0.29, 0.717) is 0 Å². The number of hydrogen-bond acceptors (Lipinski definition) is 4. The average Bonchev–Trinajstić information content (AvgIpc) is 3.17. The number of rotatable bonds is 3. The fourth-order valence-corrected chi connectivity index (χ4v) is 2.60. The summed E-state index contributed by atoms with van der Waals surface area (Å²) < 4.78 is 8.20. The molecule has 0 atom stereocenters. The maximum Gasteiger partial charge on any atom is 0.133 e. The molecule has 0 aliphatic carbocycles. The van der Waals surface area contributed by atoms with Crippen LogP contribution in [0.25, 0.3) is 16.6 Å². The van der Waals surface area contributed by atoms with Crippen molar-refractivity contribution >= 4 is 32.7 Å². The first-order valence-corrected chi connectivity index (χ1v) is 9.28. The Hall–Kier alpha value is -2.08. The van der Waals surface area contributed by atoms with Crippen LogP contribution in [0.1, 0.15) is 34.1 Å². The Labute approximate surface area is 158 Å². The Morgan fingerprint density at radius 3 is 2.40 bits per heavy atom. The highest BCUT2D eigenvalue weighted by Gasteiger charge is 2.11. The molecule has 6 heteroatoms. The van der Waals surface area contributed by atoms with E-state index < -0.39 is 0 Å². The lowest BCUT2D eigenvalue weighted by molar-refractivity contribution is 0.413. The van der Waals surface area contributed by atoms with Gasteiger partial charge < -0.3 is 14.6 Å². The number of aromatic nitrogens is 3. The fraction of sp³-hybridized carbons (Fsp3) is 0.368. The lowest BCUT2D eigenvalue weighted by atomic mass is 10.1. The Kier molecular flexibility index (Phi) is 8.99. The number of methoxy groups -OCH3 is 1. The van der Waals surface area contributed by atoms with Gasteiger partial charge in [0.05, 0.1) is 29.1 Å². The van der Waals surface area contributed by atoms with E-state index in [4.69, 9.17) is 4.74 Å². The highest BCUT2D eigenvalue weighted by molar-refractivity contribution is 9.10. The van der Waals surface area contributed by atoms with Crippen molar-refractivity contribution in [3.8, 4) is 11.4 Å². The predicted octanol–water partition coefficient (Wildman–Crippen LogP) is 5.68. The molecule has 136 valence electrons. The van der Waals surface area contributed by atoms with Crippen LogP contribution in [0.5, 0.6) is 5.75 Å². The number of imidazole rings is 1. The largest absolute Gasteiger partial charge is 0.496 e. The lowest BCUT2D eigenvalue weighted by Gasteiger charge is -2.12. The van der Waals surface area contributed by atoms with Crippen LogP contribution in [0.3, 0.4) is 0 Å². The van der Waals surface area contributed by atoms with Crippen LogP contribution in [0.15, 0.2) is 41.4 Å². The Morgan fingerprint density at radius 1 is 1.20 bits per heavy atom. The summed E-state index contributed by atoms with van der Waals surface area (Å²) in [5.74, 6) is 1.58. The fourth-order valence-electron chi connectivity index (χ4n) is 2.11. The van der Waals surface area contributed by atoms with Gasteiger partial charge in [-0.25, -0.2) is 9.97 Å². The third-order valence-corrected chi connectivity index (χ3v) is 3.72. The van der Waals surface area contributed by atoms with Crippen LogP contribution in [0.2, 0.25) is 0 Å². The maximum atomic E-state index is 5.37. The standard InChI is InChI=1S/C14H13BrN4O.C3H8.C2H6/c1-16-14-7-12(19-4-3-17-8-19)9-5-13(20-2)10(15)6-11(9)18-14;1-3-2;1-2/h3-8H,1-2H3,(H,16,18);3H2,1-2H3;1-2H3. The van der Waals surface area contributed by atoms with Crippen molar-refractivity contribution in [2.45, 2.75) is 34.1 Å². The minimum absolute atomic E-state index is 0.776. The van der Waals surface area contributed by atoms with Crippen molar-refractivity contribution in [1.29, 1.82) is 0 Å². The van der Waals surface area contributed by atoms with Gasteiger partial charge >= 0.3 is 0 Å². The second kappa shape index (κ2) is 10.7. The van der Waals surface area contributed by atoms with Crippen LogP contribution in [0, 0.1) is 0 Å². The number of fused-ring (bicyclic) bond motifs is 1. The average molecular weight is 407 g/mol. The van der Waals surface area contributed by atoms with Crippen molar-refractivity contribution in [3.05, 3.63) is 41.4 Å². The van der Waals surface area contributed by atoms with Gasteiger partial charge in [-0.05, 0) is 28.1 Å². The Balaban J connectivity index is 0.000000567. The SMILES string of the molecule is CC.CCC.CNc1cc(-n2ccnc2)c2cc(OC)c(Br)cc2n1. The minimum Gasteiger partial charge on any atom is -0.496 e. The molecule has 0 spiro atoms. The second-order valence-corrected chi connectivity index (χ2v) is 5.81. The zero-order chi connectivity index (χ0) is 18.8. The summed E-state index contributed by atoms with van der Waals surface area (Å²) >= 11 is 3.49. The molecule has 2 heterocycles. The number of nitrogens with zero attached hydrogens (tertiary/aromatic N) is 3. The topological polar surface area (TPSA) is 52.0 Å². The van der Waals surface area contributed by atoms with Crippen molar-refractivity contribution in [3.63, 3.8) is 0 Å². The zero-order valence-electron chi connectivity index (χ0n) is 15.8. The van der Waals surface area contributed by atoms with Crippen molar-refractivity contribution < 1.29 is 4.74 Å². The van der Waals surface area contributed by atoms with Gasteiger partial charge in [0.2, 0.25) is 0 Å². The van der Waals surface area contributed by atoms with Crippen LogP contribution < -0.4 is 10.1 Å². The second-order valence-electron chi connectivity index (χ2n) is 4.96. The third kappa shape index (κ3) is 5.19. The predicted molar refractivity (Wildman–Crippen MR) is 110 cm³/mol. The minimum atomic E-state index is 0.776. The molecule has 0 fully saturated rings. The molecule has 0 radical (unpaired) electrons. The summed E-state index contributed by atoms with van der Waals surface area (Å²) in [4.78, 5) is 8.67. The summed E-state index contributed by atoms with van der Waals surface area (Å²) in [6.45, 7) is 8.25. The van der Waals surface area contributed by atoms with Crippen molar-refractivity contribution in [2.24, 2.45) is 0 Å². The number of halogens is 1. The number of hydrogen-bond donors (Lipinski definition) is 1. The van der Waals surface area contributed by atoms with E-state index in [1.165, 1.54) is 6.42 Å². The molecule has 0 aliphatic rings. The van der Waals surface area contributed by atoms with Gasteiger partial charge in [-0.3, -0.25) is 0 Å². The van der Waals surface area contributed by atoms with Crippen LogP contribution >= 0.6 is 15.9 Å². The molecule has 2 aromatic heterocycles. The molecule has 0 amide bonds. The summed E-state index contributed by atoms with van der Waals surface area (Å²) in [5.41, 5.74) is 1.89. The maximum absolute atomic E-state index is 5.37. The van der Waals surface area contributed by atoms with E-state index in [0.717, 1.165) is 32.6 Å². The van der Waals surface area contributed by atoms with Gasteiger partial charge in [0, 0.05) is 30.9 Å². The molecule has 3 aromatic rings. The molecule has 0 saturated heterocycles. The number of anilines is 1. The number of nitrogens with one attached hydrogen (secondary N) is 1. The molecule has 0 saturated carbocycles. The molecule has 5 nitrogen and oxygen atoms in total. The molecule has 3 rings (SSSR count). The Morgan fingerprint density at radius 2 is 1.88 bits per heavy atom. The van der Waals surface area contributed by atoms with E-state index in [-0.39, 0.29) is 0 Å². The van der Waals surface area contributed by atoms with Gasteiger partial charge in [0.25, 0.3) is 0 Å². The number of ether oxygens (including phenoxy) is 1. The highest BCUT2D eigenvalue weighted by Crippen LogP contribution is 2.33. The molecule has 0 bridgehead atoms. The summed E-state index contributed by atoms with van der Waals surface area (Å²) in [7, 11) is 3.50. The first kappa shape index (κ1) is 21.0. The number of benzene rings is 1. The highest BCUT2D eigenvalue weighted by atomic mass is 79.9. The van der Waals surface area contributed by atoms with Gasteiger partial charge in [-0.2, -0.15) is 0 Å². The monoisotopic (exact) mass is 406 g/mol. The quantitative estimate of drug-likeness (QED) is 0.607. The Bertz CT molecular complexity index is 773. The normalized spacial score (nSPS) is 9.56. The first-order valence-electron chi connectivity index (χ1n) is 8.48. The van der Waals surface area contributed by atoms with E-state index in [9.17, 15) is 0 Å². The molecule has 0 aliphatic heterocycles. The van der Waals surface area contributed by atoms with Gasteiger partial charge in [0.1, 0.15) is 11.6 Å². The van der Waals surface area contributed by atoms with E-state index in [2.05, 4.69) is 45.1 Å². The smallest absolute Gasteiger partial charge is 0.133 e. The summed E-state index contributed by atoms with van der Waals surface area (Å²) in [6.07, 6.45) is 6.67. The van der Waals surface area contributed by atoms with Gasteiger partial charge in [0.15, 0.2) is 0 Å². The first-order chi connectivity index (χ1) is 12.1.